The summed E-state index contributed by atoms with van der Waals surface area (Å²) in [6.45, 7) is -0.191. The van der Waals surface area contributed by atoms with Gasteiger partial charge in [0.05, 0.1) is 19.1 Å². The molecule has 0 aliphatic carbocycles. The zero-order valence-corrected chi connectivity index (χ0v) is 6.49. The fourth-order valence-electron chi connectivity index (χ4n) is 1.40. The van der Waals surface area contributed by atoms with Crippen LogP contribution in [0.5, 0.6) is 0 Å². The van der Waals surface area contributed by atoms with Crippen molar-refractivity contribution in [2.45, 2.75) is 18.9 Å². The summed E-state index contributed by atoms with van der Waals surface area (Å²) >= 11 is 0. The molecule has 12 heavy (non-hydrogen) atoms. The molecule has 1 heterocycles. The predicted molar refractivity (Wildman–Crippen MR) is 39.4 cm³/mol. The van der Waals surface area contributed by atoms with E-state index in [0.717, 1.165) is 0 Å². The predicted octanol–water partition coefficient (Wildman–Crippen LogP) is -1.04. The van der Waals surface area contributed by atoms with Crippen molar-refractivity contribution in [2.75, 3.05) is 6.61 Å². The summed E-state index contributed by atoms with van der Waals surface area (Å²) in [6, 6.07) is -0.381. The van der Waals surface area contributed by atoms with Crippen LogP contribution in [0.3, 0.4) is 0 Å². The number of hydrogen-bond acceptors (Lipinski definition) is 3. The highest BCUT2D eigenvalue weighted by molar-refractivity contribution is 5.80. The van der Waals surface area contributed by atoms with E-state index in [2.05, 4.69) is 5.32 Å². The van der Waals surface area contributed by atoms with E-state index in [9.17, 15) is 9.59 Å². The lowest BCUT2D eigenvalue weighted by Gasteiger charge is -2.13. The van der Waals surface area contributed by atoms with Gasteiger partial charge in [-0.1, -0.05) is 0 Å². The number of rotatable bonds is 3. The van der Waals surface area contributed by atoms with Crippen molar-refractivity contribution in [2.24, 2.45) is 5.92 Å². The molecule has 0 bridgehead atoms. The minimum Gasteiger partial charge on any atom is -0.481 e. The number of carbonyl (C=O) groups excluding carboxylic acids is 1. The molecule has 1 aliphatic heterocycles. The first-order valence-corrected chi connectivity index (χ1v) is 3.75. The van der Waals surface area contributed by atoms with Gasteiger partial charge in [-0.25, -0.2) is 0 Å². The first-order chi connectivity index (χ1) is 5.63. The molecule has 0 aromatic heterocycles. The van der Waals surface area contributed by atoms with Gasteiger partial charge >= 0.3 is 5.97 Å². The number of nitrogens with one attached hydrogen (secondary N) is 1. The number of aliphatic hydroxyl groups is 1. The van der Waals surface area contributed by atoms with Crippen LogP contribution in [0.25, 0.3) is 0 Å². The fraction of sp³-hybridized carbons (Fsp3) is 0.714. The number of carboxylic acids is 1. The molecular weight excluding hydrogens is 162 g/mol. The monoisotopic (exact) mass is 173 g/mol. The maximum atomic E-state index is 10.8. The van der Waals surface area contributed by atoms with Gasteiger partial charge in [-0.2, -0.15) is 0 Å². The molecule has 1 amide bonds. The number of amides is 1. The van der Waals surface area contributed by atoms with E-state index in [1.807, 2.05) is 0 Å². The Morgan fingerprint density at radius 3 is 2.83 bits per heavy atom. The molecule has 2 atom stereocenters. The van der Waals surface area contributed by atoms with Crippen LogP contribution in [0.2, 0.25) is 0 Å². The Labute approximate surface area is 69.4 Å². The number of aliphatic carboxylic acids is 1. The SMILES string of the molecule is O=C(O)C[C@H]1CC(=O)N[C@@H]1CO. The molecule has 5 nitrogen and oxygen atoms in total. The van der Waals surface area contributed by atoms with Gasteiger partial charge in [-0.3, -0.25) is 9.59 Å². The van der Waals surface area contributed by atoms with E-state index in [4.69, 9.17) is 10.2 Å². The Morgan fingerprint density at radius 1 is 1.67 bits per heavy atom. The second-order valence-corrected chi connectivity index (χ2v) is 2.92. The second kappa shape index (κ2) is 3.53. The summed E-state index contributed by atoms with van der Waals surface area (Å²) < 4.78 is 0. The Balaban J connectivity index is 2.51. The molecule has 0 radical (unpaired) electrons. The van der Waals surface area contributed by atoms with Crippen LogP contribution in [0.15, 0.2) is 0 Å². The lowest BCUT2D eigenvalue weighted by atomic mass is 9.97. The van der Waals surface area contributed by atoms with Crippen LogP contribution in [-0.2, 0) is 9.59 Å². The molecule has 1 saturated heterocycles. The lowest BCUT2D eigenvalue weighted by molar-refractivity contribution is -0.138. The summed E-state index contributed by atoms with van der Waals surface area (Å²) in [7, 11) is 0. The third-order valence-corrected chi connectivity index (χ3v) is 2.00. The zero-order chi connectivity index (χ0) is 9.14. The lowest BCUT2D eigenvalue weighted by Crippen LogP contribution is -2.33. The van der Waals surface area contributed by atoms with Crippen LogP contribution < -0.4 is 5.32 Å². The van der Waals surface area contributed by atoms with Crippen molar-refractivity contribution in [1.29, 1.82) is 0 Å². The van der Waals surface area contributed by atoms with Gasteiger partial charge in [0.15, 0.2) is 0 Å². The van der Waals surface area contributed by atoms with Crippen molar-refractivity contribution in [3.05, 3.63) is 0 Å². The van der Waals surface area contributed by atoms with Crippen molar-refractivity contribution in [1.82, 2.24) is 5.32 Å². The average Bonchev–Trinajstić information content (AvgIpc) is 2.29. The van der Waals surface area contributed by atoms with Crippen LogP contribution in [0.1, 0.15) is 12.8 Å². The van der Waals surface area contributed by atoms with Crippen molar-refractivity contribution < 1.29 is 19.8 Å². The molecule has 5 heteroatoms. The Kier molecular flexibility index (Phi) is 2.65. The Morgan fingerprint density at radius 2 is 2.33 bits per heavy atom. The zero-order valence-electron chi connectivity index (χ0n) is 6.49. The number of carboxylic acid groups (broad SMARTS) is 1. The van der Waals surface area contributed by atoms with Crippen molar-refractivity contribution >= 4 is 11.9 Å². The average molecular weight is 173 g/mol. The van der Waals surface area contributed by atoms with Crippen molar-refractivity contribution in [3.8, 4) is 0 Å². The summed E-state index contributed by atoms with van der Waals surface area (Å²) in [5.74, 6) is -1.38. The largest absolute Gasteiger partial charge is 0.481 e. The fourth-order valence-corrected chi connectivity index (χ4v) is 1.40. The van der Waals surface area contributed by atoms with E-state index in [1.165, 1.54) is 0 Å². The first-order valence-electron chi connectivity index (χ1n) is 3.75. The smallest absolute Gasteiger partial charge is 0.303 e. The van der Waals surface area contributed by atoms with Crippen LogP contribution in [0, 0.1) is 5.92 Å². The minimum atomic E-state index is -0.935. The van der Waals surface area contributed by atoms with Gasteiger partial charge < -0.3 is 15.5 Å². The number of aliphatic hydroxyl groups excluding tert-OH is 1. The van der Waals surface area contributed by atoms with E-state index < -0.39 is 5.97 Å². The van der Waals surface area contributed by atoms with Gasteiger partial charge in [-0.15, -0.1) is 0 Å². The summed E-state index contributed by atoms with van der Waals surface area (Å²) in [5.41, 5.74) is 0. The first kappa shape index (κ1) is 8.99. The van der Waals surface area contributed by atoms with Crippen molar-refractivity contribution in [3.63, 3.8) is 0 Å². The molecule has 0 unspecified atom stereocenters. The van der Waals surface area contributed by atoms with E-state index >= 15 is 0 Å². The molecule has 3 N–H and O–H groups in total. The van der Waals surface area contributed by atoms with Gasteiger partial charge in [0.25, 0.3) is 0 Å². The quantitative estimate of drug-likeness (QED) is 0.508. The van der Waals surface area contributed by atoms with E-state index in [-0.39, 0.29) is 37.3 Å². The second-order valence-electron chi connectivity index (χ2n) is 2.92. The molecule has 0 spiro atoms. The summed E-state index contributed by atoms with van der Waals surface area (Å²) in [6.07, 6.45) is 0.140. The van der Waals surface area contributed by atoms with Crippen LogP contribution in [-0.4, -0.2) is 34.7 Å². The van der Waals surface area contributed by atoms with Gasteiger partial charge in [-0.05, 0) is 0 Å². The van der Waals surface area contributed by atoms with E-state index in [1.54, 1.807) is 0 Å². The molecule has 0 aromatic rings. The third kappa shape index (κ3) is 1.94. The van der Waals surface area contributed by atoms with Gasteiger partial charge in [0.2, 0.25) is 5.91 Å². The van der Waals surface area contributed by atoms with Crippen LogP contribution in [0.4, 0.5) is 0 Å². The molecule has 0 aromatic carbocycles. The Bertz CT molecular complexity index is 204. The molecule has 0 saturated carbocycles. The maximum Gasteiger partial charge on any atom is 0.303 e. The maximum absolute atomic E-state index is 10.8. The summed E-state index contributed by atoms with van der Waals surface area (Å²) in [5, 5.41) is 19.7. The third-order valence-electron chi connectivity index (χ3n) is 2.00. The van der Waals surface area contributed by atoms with Crippen LogP contribution >= 0.6 is 0 Å². The standard InChI is InChI=1S/C7H11NO4/c9-3-5-4(2-7(11)12)1-6(10)8-5/h4-5,9H,1-3H2,(H,8,10)(H,11,12)/t4-,5-/m1/s1. The molecular formula is C7H11NO4. The minimum absolute atomic E-state index is 0.0655. The highest BCUT2D eigenvalue weighted by Crippen LogP contribution is 2.19. The van der Waals surface area contributed by atoms with E-state index in [0.29, 0.717) is 0 Å². The summed E-state index contributed by atoms with van der Waals surface area (Å²) in [4.78, 5) is 21.1. The highest BCUT2D eigenvalue weighted by atomic mass is 16.4. The Hall–Kier alpha value is -1.10. The topological polar surface area (TPSA) is 86.6 Å². The highest BCUT2D eigenvalue weighted by Gasteiger charge is 2.32. The number of carbonyl (C=O) groups is 2. The molecule has 1 aliphatic rings. The normalized spacial score (nSPS) is 28.6. The molecule has 68 valence electrons. The van der Waals surface area contributed by atoms with Gasteiger partial charge in [0, 0.05) is 12.3 Å². The number of hydrogen-bond donors (Lipinski definition) is 3. The van der Waals surface area contributed by atoms with Gasteiger partial charge in [0.1, 0.15) is 0 Å². The molecule has 1 fully saturated rings. The molecule has 1 rings (SSSR count).